The fourth-order valence-corrected chi connectivity index (χ4v) is 2.60. The molecule has 112 valence electrons. The summed E-state index contributed by atoms with van der Waals surface area (Å²) < 4.78 is 2.93. The summed E-state index contributed by atoms with van der Waals surface area (Å²) in [5, 5.41) is 2.96. The van der Waals surface area contributed by atoms with Crippen molar-refractivity contribution in [1.82, 2.24) is 14.9 Å². The summed E-state index contributed by atoms with van der Waals surface area (Å²) in [5.74, 6) is -0.0131. The van der Waals surface area contributed by atoms with E-state index in [1.165, 1.54) is 6.42 Å². The molecule has 1 heterocycles. The van der Waals surface area contributed by atoms with Gasteiger partial charge in [0, 0.05) is 30.0 Å². The van der Waals surface area contributed by atoms with Crippen LogP contribution in [0.25, 0.3) is 0 Å². The molecule has 0 saturated heterocycles. The number of aryl methyl sites for hydroxylation is 1. The van der Waals surface area contributed by atoms with E-state index in [1.807, 2.05) is 36.8 Å². The van der Waals surface area contributed by atoms with Gasteiger partial charge in [-0.15, -0.1) is 0 Å². The number of amides is 1. The molecule has 5 heteroatoms. The Kier molecular flexibility index (Phi) is 6.47. The highest BCUT2D eigenvalue weighted by atomic mass is 79.9. The van der Waals surface area contributed by atoms with Crippen molar-refractivity contribution in [3.8, 4) is 0 Å². The highest BCUT2D eigenvalue weighted by Crippen LogP contribution is 2.15. The number of halogens is 1. The third-order valence-electron chi connectivity index (χ3n) is 3.31. The van der Waals surface area contributed by atoms with E-state index in [4.69, 9.17) is 0 Å². The van der Waals surface area contributed by atoms with Gasteiger partial charge in [0.1, 0.15) is 0 Å². The lowest BCUT2D eigenvalue weighted by atomic mass is 10.2. The molecule has 0 fully saturated rings. The summed E-state index contributed by atoms with van der Waals surface area (Å²) in [4.78, 5) is 16.0. The van der Waals surface area contributed by atoms with E-state index >= 15 is 0 Å². The summed E-state index contributed by atoms with van der Waals surface area (Å²) in [7, 11) is 0. The molecule has 1 aromatic heterocycles. The molecule has 0 unspecified atom stereocenters. The van der Waals surface area contributed by atoms with Crippen molar-refractivity contribution in [2.75, 3.05) is 6.54 Å². The van der Waals surface area contributed by atoms with E-state index in [2.05, 4.69) is 30.8 Å². The molecular weight excluding hydrogens is 330 g/mol. The van der Waals surface area contributed by atoms with Crippen molar-refractivity contribution in [2.45, 2.75) is 32.2 Å². The minimum absolute atomic E-state index is 0.0131. The summed E-state index contributed by atoms with van der Waals surface area (Å²) >= 11 is 3.39. The smallest absolute Gasteiger partial charge is 0.252 e. The SMILES string of the molecule is O=C(NCCCCCCn1ccnc1)c1ccccc1Br. The van der Waals surface area contributed by atoms with Crippen LogP contribution in [0.15, 0.2) is 47.5 Å². The van der Waals surface area contributed by atoms with E-state index < -0.39 is 0 Å². The molecule has 4 nitrogen and oxygen atoms in total. The van der Waals surface area contributed by atoms with Crippen molar-refractivity contribution in [3.63, 3.8) is 0 Å². The average molecular weight is 350 g/mol. The molecule has 1 N–H and O–H groups in total. The Labute approximate surface area is 133 Å². The van der Waals surface area contributed by atoms with Crippen molar-refractivity contribution in [2.24, 2.45) is 0 Å². The molecule has 0 saturated carbocycles. The summed E-state index contributed by atoms with van der Waals surface area (Å²) in [6.45, 7) is 1.74. The maximum absolute atomic E-state index is 12.0. The van der Waals surface area contributed by atoms with E-state index in [-0.39, 0.29) is 5.91 Å². The lowest BCUT2D eigenvalue weighted by Gasteiger charge is -2.07. The van der Waals surface area contributed by atoms with Crippen LogP contribution in [-0.2, 0) is 6.54 Å². The summed E-state index contributed by atoms with van der Waals surface area (Å²) in [6.07, 6.45) is 10.1. The number of unbranched alkanes of at least 4 members (excludes halogenated alkanes) is 3. The average Bonchev–Trinajstić information content (AvgIpc) is 3.00. The van der Waals surface area contributed by atoms with E-state index in [0.29, 0.717) is 5.56 Å². The zero-order chi connectivity index (χ0) is 14.9. The van der Waals surface area contributed by atoms with Gasteiger partial charge in [0.05, 0.1) is 11.9 Å². The Hall–Kier alpha value is -1.62. The second-order valence-electron chi connectivity index (χ2n) is 4.95. The zero-order valence-electron chi connectivity index (χ0n) is 12.0. The highest BCUT2D eigenvalue weighted by molar-refractivity contribution is 9.10. The van der Waals surface area contributed by atoms with Gasteiger partial charge >= 0.3 is 0 Å². The quantitative estimate of drug-likeness (QED) is 0.739. The predicted octanol–water partition coefficient (Wildman–Crippen LogP) is 3.64. The molecular formula is C16H20BrN3O. The van der Waals surface area contributed by atoms with Crippen LogP contribution in [0, 0.1) is 0 Å². The molecule has 0 radical (unpaired) electrons. The molecule has 0 atom stereocenters. The van der Waals surface area contributed by atoms with Crippen molar-refractivity contribution >= 4 is 21.8 Å². The predicted molar refractivity (Wildman–Crippen MR) is 87.2 cm³/mol. The minimum Gasteiger partial charge on any atom is -0.352 e. The summed E-state index contributed by atoms with van der Waals surface area (Å²) in [6, 6.07) is 7.48. The van der Waals surface area contributed by atoms with Crippen LogP contribution < -0.4 is 5.32 Å². The van der Waals surface area contributed by atoms with Crippen molar-refractivity contribution < 1.29 is 4.79 Å². The zero-order valence-corrected chi connectivity index (χ0v) is 13.6. The lowest BCUT2D eigenvalue weighted by molar-refractivity contribution is 0.0952. The van der Waals surface area contributed by atoms with Crippen LogP contribution >= 0.6 is 15.9 Å². The van der Waals surface area contributed by atoms with E-state index in [0.717, 1.165) is 36.8 Å². The molecule has 0 aliphatic heterocycles. The molecule has 1 amide bonds. The number of hydrogen-bond donors (Lipinski definition) is 1. The second-order valence-corrected chi connectivity index (χ2v) is 5.80. The van der Waals surface area contributed by atoms with Crippen LogP contribution in [0.2, 0.25) is 0 Å². The maximum Gasteiger partial charge on any atom is 0.252 e. The van der Waals surface area contributed by atoms with Crippen LogP contribution in [0.1, 0.15) is 36.0 Å². The third kappa shape index (κ3) is 5.34. The van der Waals surface area contributed by atoms with Gasteiger partial charge in [0.15, 0.2) is 0 Å². The molecule has 0 bridgehead atoms. The van der Waals surface area contributed by atoms with E-state index in [1.54, 1.807) is 6.20 Å². The molecule has 0 aliphatic carbocycles. The Morgan fingerprint density at radius 3 is 2.76 bits per heavy atom. The van der Waals surface area contributed by atoms with Gasteiger partial charge in [-0.2, -0.15) is 0 Å². The van der Waals surface area contributed by atoms with Crippen LogP contribution in [0.3, 0.4) is 0 Å². The number of hydrogen-bond acceptors (Lipinski definition) is 2. The number of benzene rings is 1. The van der Waals surface area contributed by atoms with Crippen LogP contribution in [-0.4, -0.2) is 22.0 Å². The van der Waals surface area contributed by atoms with Gasteiger partial charge in [-0.25, -0.2) is 4.98 Å². The highest BCUT2D eigenvalue weighted by Gasteiger charge is 2.07. The molecule has 21 heavy (non-hydrogen) atoms. The van der Waals surface area contributed by atoms with E-state index in [9.17, 15) is 4.79 Å². The van der Waals surface area contributed by atoms with Gasteiger partial charge in [0.2, 0.25) is 0 Å². The number of nitrogens with zero attached hydrogens (tertiary/aromatic N) is 2. The van der Waals surface area contributed by atoms with Gasteiger partial charge in [-0.1, -0.05) is 25.0 Å². The number of carbonyl (C=O) groups excluding carboxylic acids is 1. The first-order valence-electron chi connectivity index (χ1n) is 7.26. The monoisotopic (exact) mass is 349 g/mol. The number of imidazole rings is 1. The molecule has 0 aliphatic rings. The Morgan fingerprint density at radius 2 is 2.00 bits per heavy atom. The Bertz CT molecular complexity index is 554. The minimum atomic E-state index is -0.0131. The topological polar surface area (TPSA) is 46.9 Å². The van der Waals surface area contributed by atoms with Crippen molar-refractivity contribution in [3.05, 3.63) is 53.0 Å². The Balaban J connectivity index is 1.55. The first-order chi connectivity index (χ1) is 10.3. The third-order valence-corrected chi connectivity index (χ3v) is 4.00. The normalized spacial score (nSPS) is 10.5. The Morgan fingerprint density at radius 1 is 1.19 bits per heavy atom. The second kappa shape index (κ2) is 8.62. The lowest BCUT2D eigenvalue weighted by Crippen LogP contribution is -2.24. The number of aromatic nitrogens is 2. The molecule has 2 aromatic rings. The molecule has 2 rings (SSSR count). The molecule has 0 spiro atoms. The van der Waals surface area contributed by atoms with Gasteiger partial charge in [-0.3, -0.25) is 4.79 Å². The first kappa shape index (κ1) is 15.8. The summed E-state index contributed by atoms with van der Waals surface area (Å²) in [5.41, 5.74) is 0.692. The maximum atomic E-state index is 12.0. The van der Waals surface area contributed by atoms with Crippen LogP contribution in [0.5, 0.6) is 0 Å². The standard InChI is InChI=1S/C16H20BrN3O/c17-15-8-4-3-7-14(15)16(21)19-9-5-1-2-6-11-20-12-10-18-13-20/h3-4,7-8,10,12-13H,1-2,5-6,9,11H2,(H,19,21). The van der Waals surface area contributed by atoms with Crippen LogP contribution in [0.4, 0.5) is 0 Å². The first-order valence-corrected chi connectivity index (χ1v) is 8.05. The largest absolute Gasteiger partial charge is 0.352 e. The number of rotatable bonds is 8. The van der Waals surface area contributed by atoms with Gasteiger partial charge in [-0.05, 0) is 40.9 Å². The van der Waals surface area contributed by atoms with Gasteiger partial charge in [0.25, 0.3) is 5.91 Å². The fraction of sp³-hybridized carbons (Fsp3) is 0.375. The number of nitrogens with one attached hydrogen (secondary N) is 1. The number of carbonyl (C=O) groups is 1. The molecule has 1 aromatic carbocycles. The van der Waals surface area contributed by atoms with Crippen molar-refractivity contribution in [1.29, 1.82) is 0 Å². The van der Waals surface area contributed by atoms with Gasteiger partial charge < -0.3 is 9.88 Å². The fourth-order valence-electron chi connectivity index (χ4n) is 2.13.